The van der Waals surface area contributed by atoms with Gasteiger partial charge in [0.25, 0.3) is 0 Å². The monoisotopic (exact) mass is 377 g/mol. The van der Waals surface area contributed by atoms with E-state index in [-0.39, 0.29) is 22.9 Å². The molecule has 3 aromatic rings. The molecule has 0 unspecified atom stereocenters. The maximum absolute atomic E-state index is 13.8. The molecule has 0 aliphatic rings. The number of hydrogen-bond acceptors (Lipinski definition) is 3. The van der Waals surface area contributed by atoms with Gasteiger partial charge in [-0.25, -0.2) is 13.5 Å². The van der Waals surface area contributed by atoms with Crippen LogP contribution in [-0.2, 0) is 0 Å². The smallest absolute Gasteiger partial charge is 0.198 e. The third kappa shape index (κ3) is 2.87. The van der Waals surface area contributed by atoms with E-state index in [2.05, 4.69) is 21.0 Å². The third-order valence-electron chi connectivity index (χ3n) is 3.30. The molecule has 2 N–H and O–H groups in total. The van der Waals surface area contributed by atoms with Crippen LogP contribution in [0.3, 0.4) is 0 Å². The Hall–Kier alpha value is -2.54. The fourth-order valence-electron chi connectivity index (χ4n) is 2.13. The Bertz CT molecular complexity index is 891. The van der Waals surface area contributed by atoms with E-state index in [9.17, 15) is 13.6 Å². The van der Waals surface area contributed by atoms with Gasteiger partial charge >= 0.3 is 0 Å². The second kappa shape index (κ2) is 5.92. The summed E-state index contributed by atoms with van der Waals surface area (Å²) in [7, 11) is 0. The predicted octanol–water partition coefficient (Wildman–Crippen LogP) is 3.73. The van der Waals surface area contributed by atoms with Crippen LogP contribution in [0.2, 0.25) is 0 Å². The molecule has 0 atom stereocenters. The van der Waals surface area contributed by atoms with Crippen LogP contribution >= 0.6 is 15.9 Å². The van der Waals surface area contributed by atoms with Gasteiger partial charge in [0, 0.05) is 16.1 Å². The molecule has 1 heterocycles. The lowest BCUT2D eigenvalue weighted by Gasteiger charge is -2.06. The zero-order valence-corrected chi connectivity index (χ0v) is 13.2. The van der Waals surface area contributed by atoms with Gasteiger partial charge in [0.05, 0.1) is 11.8 Å². The average Bonchev–Trinajstić information content (AvgIpc) is 2.89. The van der Waals surface area contributed by atoms with Crippen molar-refractivity contribution < 1.29 is 13.6 Å². The molecule has 7 heteroatoms. The maximum atomic E-state index is 13.8. The minimum absolute atomic E-state index is 0.0107. The molecule has 0 aliphatic heterocycles. The molecule has 2 aromatic carbocycles. The van der Waals surface area contributed by atoms with E-state index in [1.54, 1.807) is 24.3 Å². The molecule has 3 rings (SSSR count). The van der Waals surface area contributed by atoms with Crippen molar-refractivity contribution in [1.29, 1.82) is 0 Å². The van der Waals surface area contributed by atoms with E-state index >= 15 is 0 Å². The minimum Gasteiger partial charge on any atom is -0.383 e. The van der Waals surface area contributed by atoms with Gasteiger partial charge in [-0.1, -0.05) is 15.9 Å². The summed E-state index contributed by atoms with van der Waals surface area (Å²) in [5.74, 6) is -1.86. The Balaban J connectivity index is 2.02. The number of carbonyl (C=O) groups is 1. The van der Waals surface area contributed by atoms with Crippen molar-refractivity contribution in [3.8, 4) is 5.69 Å². The maximum Gasteiger partial charge on any atom is 0.198 e. The van der Waals surface area contributed by atoms with Gasteiger partial charge in [-0.05, 0) is 36.4 Å². The average molecular weight is 378 g/mol. The molecule has 0 bridgehead atoms. The fourth-order valence-corrected chi connectivity index (χ4v) is 2.40. The highest BCUT2D eigenvalue weighted by atomic mass is 79.9. The first-order valence-electron chi connectivity index (χ1n) is 6.56. The molecule has 23 heavy (non-hydrogen) atoms. The Morgan fingerprint density at radius 3 is 2.48 bits per heavy atom. The second-order valence-electron chi connectivity index (χ2n) is 4.79. The van der Waals surface area contributed by atoms with E-state index in [1.165, 1.54) is 12.3 Å². The molecule has 0 aliphatic carbocycles. The van der Waals surface area contributed by atoms with Crippen molar-refractivity contribution in [3.05, 3.63) is 75.9 Å². The quantitative estimate of drug-likeness (QED) is 0.707. The minimum atomic E-state index is -0.817. The highest BCUT2D eigenvalue weighted by molar-refractivity contribution is 9.10. The molecule has 1 aromatic heterocycles. The van der Waals surface area contributed by atoms with E-state index in [1.807, 2.05) is 0 Å². The van der Waals surface area contributed by atoms with E-state index in [0.29, 0.717) is 5.56 Å². The SMILES string of the molecule is Nc1c(C(=O)c2ccc(Br)cc2)cnn1-c1ccc(F)cc1F. The number of nitrogen functional groups attached to an aromatic ring is 1. The normalized spacial score (nSPS) is 10.7. The Morgan fingerprint density at radius 2 is 1.83 bits per heavy atom. The summed E-state index contributed by atoms with van der Waals surface area (Å²) in [6.45, 7) is 0. The van der Waals surface area contributed by atoms with Gasteiger partial charge in [0.2, 0.25) is 0 Å². The van der Waals surface area contributed by atoms with Crippen LogP contribution in [0.4, 0.5) is 14.6 Å². The number of anilines is 1. The Labute approximate surface area is 138 Å². The number of aromatic nitrogens is 2. The summed E-state index contributed by atoms with van der Waals surface area (Å²) >= 11 is 3.29. The highest BCUT2D eigenvalue weighted by Crippen LogP contribution is 2.23. The zero-order valence-electron chi connectivity index (χ0n) is 11.6. The topological polar surface area (TPSA) is 60.9 Å². The van der Waals surface area contributed by atoms with Gasteiger partial charge in [0.15, 0.2) is 11.6 Å². The summed E-state index contributed by atoms with van der Waals surface area (Å²) in [4.78, 5) is 12.5. The predicted molar refractivity (Wildman–Crippen MR) is 85.5 cm³/mol. The first-order chi connectivity index (χ1) is 11.0. The third-order valence-corrected chi connectivity index (χ3v) is 3.82. The number of halogens is 3. The molecule has 0 radical (unpaired) electrons. The molecular formula is C16H10BrF2N3O. The van der Waals surface area contributed by atoms with Crippen molar-refractivity contribution in [3.63, 3.8) is 0 Å². The summed E-state index contributed by atoms with van der Waals surface area (Å²) in [5.41, 5.74) is 6.47. The Kier molecular flexibility index (Phi) is 3.96. The van der Waals surface area contributed by atoms with E-state index in [0.717, 1.165) is 21.3 Å². The van der Waals surface area contributed by atoms with Crippen molar-refractivity contribution in [2.75, 3.05) is 5.73 Å². The highest BCUT2D eigenvalue weighted by Gasteiger charge is 2.19. The lowest BCUT2D eigenvalue weighted by Crippen LogP contribution is -2.08. The first-order valence-corrected chi connectivity index (χ1v) is 7.36. The van der Waals surface area contributed by atoms with Gasteiger partial charge in [0.1, 0.15) is 17.3 Å². The van der Waals surface area contributed by atoms with Crippen LogP contribution in [0.15, 0.2) is 53.1 Å². The summed E-state index contributed by atoms with van der Waals surface area (Å²) < 4.78 is 28.7. The number of rotatable bonds is 3. The van der Waals surface area contributed by atoms with Crippen molar-refractivity contribution in [1.82, 2.24) is 9.78 Å². The first kappa shape index (κ1) is 15.4. The molecule has 0 saturated carbocycles. The van der Waals surface area contributed by atoms with Gasteiger partial charge in [-0.3, -0.25) is 4.79 Å². The van der Waals surface area contributed by atoms with Crippen molar-refractivity contribution in [2.24, 2.45) is 0 Å². The van der Waals surface area contributed by atoms with Gasteiger partial charge in [-0.15, -0.1) is 0 Å². The zero-order chi connectivity index (χ0) is 16.6. The summed E-state index contributed by atoms with van der Waals surface area (Å²) in [6, 6.07) is 9.77. The number of carbonyl (C=O) groups excluding carboxylic acids is 1. The number of benzene rings is 2. The molecule has 0 spiro atoms. The largest absolute Gasteiger partial charge is 0.383 e. The molecule has 0 fully saturated rings. The Morgan fingerprint density at radius 1 is 1.13 bits per heavy atom. The van der Waals surface area contributed by atoms with Crippen LogP contribution < -0.4 is 5.73 Å². The van der Waals surface area contributed by atoms with Gasteiger partial charge < -0.3 is 5.73 Å². The van der Waals surface area contributed by atoms with E-state index in [4.69, 9.17) is 5.73 Å². The molecular weight excluding hydrogens is 368 g/mol. The van der Waals surface area contributed by atoms with Crippen LogP contribution in [0.5, 0.6) is 0 Å². The number of hydrogen-bond donors (Lipinski definition) is 1. The van der Waals surface area contributed by atoms with Crippen LogP contribution in [0.25, 0.3) is 5.69 Å². The van der Waals surface area contributed by atoms with Crippen LogP contribution in [0, 0.1) is 11.6 Å². The lowest BCUT2D eigenvalue weighted by atomic mass is 10.1. The molecule has 116 valence electrons. The number of ketones is 1. The number of nitrogens with zero attached hydrogens (tertiary/aromatic N) is 2. The molecule has 0 saturated heterocycles. The second-order valence-corrected chi connectivity index (χ2v) is 5.70. The molecule has 4 nitrogen and oxygen atoms in total. The fraction of sp³-hybridized carbons (Fsp3) is 0. The standard InChI is InChI=1S/C16H10BrF2N3O/c17-10-3-1-9(2-4-10)15(23)12-8-21-22(16(12)20)14-6-5-11(18)7-13(14)19/h1-8H,20H2. The van der Waals surface area contributed by atoms with Crippen molar-refractivity contribution >= 4 is 27.5 Å². The van der Waals surface area contributed by atoms with Gasteiger partial charge in [-0.2, -0.15) is 5.10 Å². The van der Waals surface area contributed by atoms with Crippen molar-refractivity contribution in [2.45, 2.75) is 0 Å². The molecule has 0 amide bonds. The van der Waals surface area contributed by atoms with Crippen LogP contribution in [-0.4, -0.2) is 15.6 Å². The van der Waals surface area contributed by atoms with E-state index < -0.39 is 11.6 Å². The summed E-state index contributed by atoms with van der Waals surface area (Å²) in [6.07, 6.45) is 1.27. The van der Waals surface area contributed by atoms with Crippen LogP contribution in [0.1, 0.15) is 15.9 Å². The lowest BCUT2D eigenvalue weighted by molar-refractivity contribution is 0.103. The number of nitrogens with two attached hydrogens (primary N) is 1. The summed E-state index contributed by atoms with van der Waals surface area (Å²) in [5, 5.41) is 3.94.